The highest BCUT2D eigenvalue weighted by Gasteiger charge is 2.24. The maximum Gasteiger partial charge on any atom is 0.282 e. The van der Waals surface area contributed by atoms with Gasteiger partial charge in [0.05, 0.1) is 24.9 Å². The summed E-state index contributed by atoms with van der Waals surface area (Å²) in [5.41, 5.74) is 1.35. The van der Waals surface area contributed by atoms with Crippen LogP contribution >= 0.6 is 0 Å². The molecule has 0 fully saturated rings. The number of nitrogens with zero attached hydrogens (tertiary/aromatic N) is 3. The summed E-state index contributed by atoms with van der Waals surface area (Å²) in [4.78, 5) is 43.0. The summed E-state index contributed by atoms with van der Waals surface area (Å²) in [7, 11) is 1.56. The minimum absolute atomic E-state index is 0.0188. The highest BCUT2D eigenvalue weighted by atomic mass is 19.1. The maximum atomic E-state index is 15.1. The van der Waals surface area contributed by atoms with Gasteiger partial charge in [0, 0.05) is 29.8 Å². The molecule has 2 heterocycles. The summed E-state index contributed by atoms with van der Waals surface area (Å²) in [6, 6.07) is 20.0. The first-order valence-electron chi connectivity index (χ1n) is 12.6. The molecule has 0 aliphatic carbocycles. The first-order valence-corrected chi connectivity index (χ1v) is 12.6. The lowest BCUT2D eigenvalue weighted by atomic mass is 10.0. The molecule has 0 bridgehead atoms. The third-order valence-electron chi connectivity index (χ3n) is 6.54. The van der Waals surface area contributed by atoms with Gasteiger partial charge in [-0.25, -0.2) is 9.07 Å². The molecular formula is C31H26FN3O5. The van der Waals surface area contributed by atoms with E-state index in [1.807, 2.05) is 6.07 Å². The normalized spacial score (nSPS) is 11.0. The molecule has 3 aromatic carbocycles. The molecule has 9 heteroatoms. The Labute approximate surface area is 229 Å². The minimum Gasteiger partial charge on any atom is -0.497 e. The van der Waals surface area contributed by atoms with E-state index in [1.54, 1.807) is 74.8 Å². The average Bonchev–Trinajstić information content (AvgIpc) is 3.18. The van der Waals surface area contributed by atoms with Crippen LogP contribution in [0.3, 0.4) is 0 Å². The van der Waals surface area contributed by atoms with E-state index in [1.165, 1.54) is 28.4 Å². The number of rotatable bonds is 9. The fourth-order valence-corrected chi connectivity index (χ4v) is 4.64. The van der Waals surface area contributed by atoms with Crippen molar-refractivity contribution < 1.29 is 23.5 Å². The zero-order valence-corrected chi connectivity index (χ0v) is 22.2. The third-order valence-corrected chi connectivity index (χ3v) is 6.54. The molecule has 202 valence electrons. The monoisotopic (exact) mass is 539 g/mol. The van der Waals surface area contributed by atoms with Crippen molar-refractivity contribution in [2.24, 2.45) is 0 Å². The lowest BCUT2D eigenvalue weighted by Crippen LogP contribution is -2.25. The van der Waals surface area contributed by atoms with Gasteiger partial charge >= 0.3 is 0 Å². The molecule has 5 aromatic rings. The number of halogens is 1. The van der Waals surface area contributed by atoms with Crippen LogP contribution in [-0.4, -0.2) is 33.0 Å². The minimum atomic E-state index is -0.656. The summed E-state index contributed by atoms with van der Waals surface area (Å²) < 4.78 is 29.0. The molecule has 5 rings (SSSR count). The van der Waals surface area contributed by atoms with Gasteiger partial charge < -0.3 is 9.47 Å². The van der Waals surface area contributed by atoms with Gasteiger partial charge in [-0.05, 0) is 61.9 Å². The second-order valence-electron chi connectivity index (χ2n) is 9.33. The zero-order valence-electron chi connectivity index (χ0n) is 22.2. The average molecular weight is 540 g/mol. The topological polar surface area (TPSA) is 92.4 Å². The zero-order chi connectivity index (χ0) is 28.4. The maximum absolute atomic E-state index is 15.1. The van der Waals surface area contributed by atoms with Crippen LogP contribution in [-0.2, 0) is 17.8 Å². The number of para-hydroxylation sites is 1. The highest BCUT2D eigenvalue weighted by molar-refractivity contribution is 5.98. The summed E-state index contributed by atoms with van der Waals surface area (Å²) in [5, 5.41) is 0.683. The molecule has 0 amide bonds. The third kappa shape index (κ3) is 5.13. The Morgan fingerprint density at radius 2 is 1.75 bits per heavy atom. The number of hydrogen-bond acceptors (Lipinski definition) is 6. The number of carbonyl (C=O) groups is 2. The number of ketones is 2. The van der Waals surface area contributed by atoms with Crippen molar-refractivity contribution in [3.8, 4) is 22.9 Å². The van der Waals surface area contributed by atoms with E-state index < -0.39 is 17.2 Å². The van der Waals surface area contributed by atoms with Crippen LogP contribution in [0, 0.1) is 12.7 Å². The van der Waals surface area contributed by atoms with Crippen molar-refractivity contribution in [3.05, 3.63) is 112 Å². The van der Waals surface area contributed by atoms with Gasteiger partial charge in [-0.1, -0.05) is 24.3 Å². The van der Waals surface area contributed by atoms with Gasteiger partial charge in [0.25, 0.3) is 5.56 Å². The van der Waals surface area contributed by atoms with E-state index in [4.69, 9.17) is 9.47 Å². The second-order valence-corrected chi connectivity index (χ2v) is 9.33. The van der Waals surface area contributed by atoms with Gasteiger partial charge in [0.15, 0.2) is 23.1 Å². The second kappa shape index (κ2) is 11.0. The van der Waals surface area contributed by atoms with Gasteiger partial charge in [0.2, 0.25) is 0 Å². The van der Waals surface area contributed by atoms with Gasteiger partial charge in [-0.3, -0.25) is 24.0 Å². The van der Waals surface area contributed by atoms with Crippen molar-refractivity contribution in [3.63, 3.8) is 0 Å². The number of benzene rings is 3. The van der Waals surface area contributed by atoms with E-state index in [0.717, 1.165) is 0 Å². The van der Waals surface area contributed by atoms with E-state index in [-0.39, 0.29) is 30.1 Å². The molecular weight excluding hydrogens is 513 g/mol. The molecule has 0 saturated carbocycles. The predicted molar refractivity (Wildman–Crippen MR) is 148 cm³/mol. The molecule has 0 aliphatic heterocycles. The molecule has 0 atom stereocenters. The van der Waals surface area contributed by atoms with Crippen LogP contribution < -0.4 is 15.0 Å². The molecule has 0 N–H and O–H groups in total. The van der Waals surface area contributed by atoms with Crippen molar-refractivity contribution >= 4 is 22.5 Å². The Hall–Kier alpha value is -5.05. The molecule has 0 aliphatic rings. The first-order chi connectivity index (χ1) is 19.3. The van der Waals surface area contributed by atoms with Crippen LogP contribution in [0.1, 0.15) is 28.5 Å². The molecule has 0 unspecified atom stereocenters. The lowest BCUT2D eigenvalue weighted by molar-refractivity contribution is -0.117. The smallest absolute Gasteiger partial charge is 0.282 e. The number of carbonyl (C=O) groups excluding carboxylic acids is 2. The lowest BCUT2D eigenvalue weighted by Gasteiger charge is -2.12. The van der Waals surface area contributed by atoms with Crippen molar-refractivity contribution in [1.82, 2.24) is 14.3 Å². The van der Waals surface area contributed by atoms with Crippen molar-refractivity contribution in [1.29, 1.82) is 0 Å². The van der Waals surface area contributed by atoms with Crippen molar-refractivity contribution in [2.45, 2.75) is 26.8 Å². The standard InChI is InChI=1S/C31H26FN3O5/c1-19(36)18-34-20(2)30(31(38)35(34)22-7-5-4-6-8-22)27(37)16-21-9-12-29(25(32)15-21)40-28-13-14-33-26-17-23(39-3)10-11-24(26)28/h4-15,17H,16,18H2,1-3H3. The van der Waals surface area contributed by atoms with E-state index in [0.29, 0.717) is 39.3 Å². The van der Waals surface area contributed by atoms with Gasteiger partial charge in [0.1, 0.15) is 17.1 Å². The fourth-order valence-electron chi connectivity index (χ4n) is 4.64. The molecule has 2 aromatic heterocycles. The largest absolute Gasteiger partial charge is 0.497 e. The Balaban J connectivity index is 1.42. The Kier molecular flexibility index (Phi) is 7.29. The molecule has 0 saturated heterocycles. The highest BCUT2D eigenvalue weighted by Crippen LogP contribution is 2.32. The molecule has 0 radical (unpaired) electrons. The van der Waals surface area contributed by atoms with Gasteiger partial charge in [-0.15, -0.1) is 0 Å². The number of methoxy groups -OCH3 is 1. The van der Waals surface area contributed by atoms with Crippen molar-refractivity contribution in [2.75, 3.05) is 7.11 Å². The van der Waals surface area contributed by atoms with Crippen LogP contribution in [0.2, 0.25) is 0 Å². The van der Waals surface area contributed by atoms with Gasteiger partial charge in [-0.2, -0.15) is 0 Å². The Morgan fingerprint density at radius 3 is 2.45 bits per heavy atom. The van der Waals surface area contributed by atoms with Crippen LogP contribution in [0.15, 0.2) is 83.8 Å². The molecule has 40 heavy (non-hydrogen) atoms. The molecule has 8 nitrogen and oxygen atoms in total. The number of fused-ring (bicyclic) bond motifs is 1. The number of aromatic nitrogens is 3. The number of ether oxygens (including phenoxy) is 2. The summed E-state index contributed by atoms with van der Waals surface area (Å²) in [6.07, 6.45) is 1.36. The fraction of sp³-hybridized carbons (Fsp3) is 0.161. The summed E-state index contributed by atoms with van der Waals surface area (Å²) >= 11 is 0. The Morgan fingerprint density at radius 1 is 0.975 bits per heavy atom. The SMILES string of the molecule is COc1ccc2c(Oc3ccc(CC(=O)c4c(C)n(CC(C)=O)n(-c5ccccc5)c4=O)cc3F)ccnc2c1. The van der Waals surface area contributed by atoms with Crippen LogP contribution in [0.25, 0.3) is 16.6 Å². The van der Waals surface area contributed by atoms with E-state index in [9.17, 15) is 14.4 Å². The quantitative estimate of drug-likeness (QED) is 0.231. The first kappa shape index (κ1) is 26.6. The molecule has 0 spiro atoms. The van der Waals surface area contributed by atoms with Crippen LogP contribution in [0.5, 0.6) is 17.2 Å². The Bertz CT molecular complexity index is 1810. The summed E-state index contributed by atoms with van der Waals surface area (Å²) in [6.45, 7) is 2.97. The van der Waals surface area contributed by atoms with Crippen LogP contribution in [0.4, 0.5) is 4.39 Å². The number of Topliss-reactive ketones (excluding diaryl/α,β-unsaturated/α-hetero) is 2. The van der Waals surface area contributed by atoms with E-state index >= 15 is 4.39 Å². The predicted octanol–water partition coefficient (Wildman–Crippen LogP) is 5.45. The van der Waals surface area contributed by atoms with E-state index in [2.05, 4.69) is 4.98 Å². The summed E-state index contributed by atoms with van der Waals surface area (Å²) in [5.74, 6) is -0.262. The number of pyridine rings is 1. The number of hydrogen-bond donors (Lipinski definition) is 0.